The predicted molar refractivity (Wildman–Crippen MR) is 107 cm³/mol. The molecular weight excluding hydrogens is 358 g/mol. The van der Waals surface area contributed by atoms with Crippen LogP contribution in [0.25, 0.3) is 0 Å². The van der Waals surface area contributed by atoms with Crippen molar-refractivity contribution in [2.75, 3.05) is 32.2 Å². The van der Waals surface area contributed by atoms with Gasteiger partial charge in [0.05, 0.1) is 19.8 Å². The van der Waals surface area contributed by atoms with Crippen molar-refractivity contribution in [2.45, 2.75) is 31.8 Å². The number of ether oxygens (including phenoxy) is 4. The molecule has 0 aromatic heterocycles. The third-order valence-electron chi connectivity index (χ3n) is 4.45. The molecule has 0 saturated carbocycles. The maximum Gasteiger partial charge on any atom is 0.224 e. The molecule has 3 rings (SSSR count). The number of rotatable bonds is 10. The van der Waals surface area contributed by atoms with E-state index in [1.807, 2.05) is 48.5 Å². The molecule has 0 radical (unpaired) electrons. The molecule has 1 N–H and O–H groups in total. The first-order valence-corrected chi connectivity index (χ1v) is 9.64. The second-order valence-corrected chi connectivity index (χ2v) is 6.65. The van der Waals surface area contributed by atoms with Gasteiger partial charge in [0.25, 0.3) is 0 Å². The van der Waals surface area contributed by atoms with E-state index < -0.39 is 0 Å². The van der Waals surface area contributed by atoms with E-state index in [0.29, 0.717) is 26.1 Å². The van der Waals surface area contributed by atoms with E-state index in [4.69, 9.17) is 18.9 Å². The fourth-order valence-corrected chi connectivity index (χ4v) is 2.95. The number of hydrogen-bond acceptors (Lipinski definition) is 5. The van der Waals surface area contributed by atoms with Crippen LogP contribution in [0.15, 0.2) is 48.5 Å². The molecule has 1 atom stereocenters. The average Bonchev–Trinajstić information content (AvgIpc) is 3.24. The fraction of sp³-hybridized carbons (Fsp3) is 0.409. The molecule has 1 aliphatic heterocycles. The van der Waals surface area contributed by atoms with Crippen LogP contribution in [-0.2, 0) is 9.53 Å². The smallest absolute Gasteiger partial charge is 0.224 e. The van der Waals surface area contributed by atoms with E-state index in [0.717, 1.165) is 42.4 Å². The molecule has 2 aromatic carbocycles. The lowest BCUT2D eigenvalue weighted by molar-refractivity contribution is -0.116. The lowest BCUT2D eigenvalue weighted by Gasteiger charge is -2.12. The number of anilines is 1. The van der Waals surface area contributed by atoms with E-state index in [2.05, 4.69) is 5.32 Å². The van der Waals surface area contributed by atoms with Gasteiger partial charge in [0, 0.05) is 24.8 Å². The van der Waals surface area contributed by atoms with Gasteiger partial charge in [-0.1, -0.05) is 6.07 Å². The minimum atomic E-state index is -0.0467. The number of hydrogen-bond donors (Lipinski definition) is 1. The summed E-state index contributed by atoms with van der Waals surface area (Å²) in [6.45, 7) is 1.83. The van der Waals surface area contributed by atoms with Crippen LogP contribution < -0.4 is 19.5 Å². The minimum absolute atomic E-state index is 0.0467. The number of nitrogens with one attached hydrogen (secondary N) is 1. The Morgan fingerprint density at radius 1 is 1.11 bits per heavy atom. The maximum atomic E-state index is 12.1. The van der Waals surface area contributed by atoms with Crippen molar-refractivity contribution in [3.8, 4) is 17.2 Å². The highest BCUT2D eigenvalue weighted by atomic mass is 16.5. The Bertz CT molecular complexity index is 741. The Kier molecular flexibility index (Phi) is 7.55. The Morgan fingerprint density at radius 3 is 2.68 bits per heavy atom. The molecule has 0 bridgehead atoms. The molecule has 1 saturated heterocycles. The molecule has 2 aromatic rings. The van der Waals surface area contributed by atoms with Gasteiger partial charge in [-0.25, -0.2) is 0 Å². The summed E-state index contributed by atoms with van der Waals surface area (Å²) in [4.78, 5) is 12.1. The van der Waals surface area contributed by atoms with Gasteiger partial charge in [-0.2, -0.15) is 0 Å². The highest BCUT2D eigenvalue weighted by Crippen LogP contribution is 2.20. The Balaban J connectivity index is 1.36. The molecular formula is C22H27NO5. The van der Waals surface area contributed by atoms with Crippen molar-refractivity contribution in [3.63, 3.8) is 0 Å². The molecule has 6 nitrogen and oxygen atoms in total. The monoisotopic (exact) mass is 385 g/mol. The molecule has 1 unspecified atom stereocenters. The number of benzene rings is 2. The molecule has 1 fully saturated rings. The van der Waals surface area contributed by atoms with Crippen molar-refractivity contribution in [1.29, 1.82) is 0 Å². The average molecular weight is 385 g/mol. The van der Waals surface area contributed by atoms with Crippen molar-refractivity contribution in [1.82, 2.24) is 0 Å². The SMILES string of the molecule is COc1ccc(OCCCC(=O)Nc2cccc(OCC3CCCO3)c2)cc1. The Labute approximate surface area is 165 Å². The number of amides is 1. The van der Waals surface area contributed by atoms with Crippen molar-refractivity contribution in [2.24, 2.45) is 0 Å². The van der Waals surface area contributed by atoms with Gasteiger partial charge in [0.1, 0.15) is 23.9 Å². The van der Waals surface area contributed by atoms with Gasteiger partial charge < -0.3 is 24.3 Å². The zero-order valence-corrected chi connectivity index (χ0v) is 16.2. The second kappa shape index (κ2) is 10.6. The number of carbonyl (C=O) groups is 1. The van der Waals surface area contributed by atoms with Gasteiger partial charge in [0.15, 0.2) is 0 Å². The molecule has 1 heterocycles. The third-order valence-corrected chi connectivity index (χ3v) is 4.45. The summed E-state index contributed by atoms with van der Waals surface area (Å²) in [6.07, 6.45) is 3.31. The van der Waals surface area contributed by atoms with Crippen molar-refractivity contribution < 1.29 is 23.7 Å². The highest BCUT2D eigenvalue weighted by molar-refractivity contribution is 5.90. The normalized spacial score (nSPS) is 15.8. The first-order chi connectivity index (χ1) is 13.7. The van der Waals surface area contributed by atoms with E-state index in [1.54, 1.807) is 7.11 Å². The van der Waals surface area contributed by atoms with Crippen LogP contribution in [0.5, 0.6) is 17.2 Å². The molecule has 6 heteroatoms. The molecule has 1 amide bonds. The van der Waals surface area contributed by atoms with Gasteiger partial charge in [0.2, 0.25) is 5.91 Å². The van der Waals surface area contributed by atoms with Gasteiger partial charge in [-0.15, -0.1) is 0 Å². The van der Waals surface area contributed by atoms with Gasteiger partial charge >= 0.3 is 0 Å². The van der Waals surface area contributed by atoms with E-state index in [1.165, 1.54) is 0 Å². The third kappa shape index (κ3) is 6.46. The molecule has 0 aliphatic carbocycles. The topological polar surface area (TPSA) is 66.0 Å². The standard InChI is InChI=1S/C22H27NO5/c1-25-18-9-11-19(12-10-18)26-14-4-8-22(24)23-17-5-2-6-20(15-17)28-16-21-7-3-13-27-21/h2,5-6,9-12,15,21H,3-4,7-8,13-14,16H2,1H3,(H,23,24). The number of methoxy groups -OCH3 is 1. The van der Waals surface area contributed by atoms with Crippen LogP contribution in [0.4, 0.5) is 5.69 Å². The second-order valence-electron chi connectivity index (χ2n) is 6.65. The Hall–Kier alpha value is -2.73. The zero-order valence-electron chi connectivity index (χ0n) is 16.2. The first kappa shape index (κ1) is 20.0. The van der Waals surface area contributed by atoms with Crippen LogP contribution in [0.2, 0.25) is 0 Å². The van der Waals surface area contributed by atoms with Crippen LogP contribution >= 0.6 is 0 Å². The summed E-state index contributed by atoms with van der Waals surface area (Å²) in [5.41, 5.74) is 0.728. The highest BCUT2D eigenvalue weighted by Gasteiger charge is 2.16. The largest absolute Gasteiger partial charge is 0.497 e. The van der Waals surface area contributed by atoms with Crippen molar-refractivity contribution in [3.05, 3.63) is 48.5 Å². The van der Waals surface area contributed by atoms with Crippen LogP contribution in [0.1, 0.15) is 25.7 Å². The van der Waals surface area contributed by atoms with Crippen molar-refractivity contribution >= 4 is 11.6 Å². The lowest BCUT2D eigenvalue weighted by atomic mass is 10.2. The van der Waals surface area contributed by atoms with E-state index in [9.17, 15) is 4.79 Å². The fourth-order valence-electron chi connectivity index (χ4n) is 2.95. The Morgan fingerprint density at radius 2 is 1.93 bits per heavy atom. The quantitative estimate of drug-likeness (QED) is 0.625. The van der Waals surface area contributed by atoms with Gasteiger partial charge in [-0.05, 0) is 55.7 Å². The zero-order chi connectivity index (χ0) is 19.6. The summed E-state index contributed by atoms with van der Waals surface area (Å²) in [5, 5.41) is 2.90. The maximum absolute atomic E-state index is 12.1. The lowest BCUT2D eigenvalue weighted by Crippen LogP contribution is -2.16. The van der Waals surface area contributed by atoms with Crippen LogP contribution in [0, 0.1) is 0 Å². The van der Waals surface area contributed by atoms with Gasteiger partial charge in [-0.3, -0.25) is 4.79 Å². The molecule has 0 spiro atoms. The summed E-state index contributed by atoms with van der Waals surface area (Å²) >= 11 is 0. The van der Waals surface area contributed by atoms with E-state index in [-0.39, 0.29) is 12.0 Å². The molecule has 1 aliphatic rings. The van der Waals surface area contributed by atoms with Crippen LogP contribution in [0.3, 0.4) is 0 Å². The molecule has 150 valence electrons. The predicted octanol–water partition coefficient (Wildman–Crippen LogP) is 4.05. The summed E-state index contributed by atoms with van der Waals surface area (Å²) in [7, 11) is 1.63. The summed E-state index contributed by atoms with van der Waals surface area (Å²) in [5.74, 6) is 2.23. The first-order valence-electron chi connectivity index (χ1n) is 9.64. The minimum Gasteiger partial charge on any atom is -0.497 e. The summed E-state index contributed by atoms with van der Waals surface area (Å²) < 4.78 is 22.1. The molecule has 28 heavy (non-hydrogen) atoms. The number of carbonyl (C=O) groups excluding carboxylic acids is 1. The van der Waals surface area contributed by atoms with Crippen LogP contribution in [-0.4, -0.2) is 38.9 Å². The van der Waals surface area contributed by atoms with E-state index >= 15 is 0 Å². The summed E-state index contributed by atoms with van der Waals surface area (Å²) in [6, 6.07) is 14.8.